The molecule has 1 aliphatic carbocycles. The third-order valence-electron chi connectivity index (χ3n) is 3.26. The molecule has 0 spiro atoms. The number of hydrogen-bond acceptors (Lipinski definition) is 3. The second-order valence-electron chi connectivity index (χ2n) is 4.68. The first-order chi connectivity index (χ1) is 7.75. The largest absolute Gasteiger partial charge is 0.304 e. The predicted octanol–water partition coefficient (Wildman–Crippen LogP) is 2.71. The van der Waals surface area contributed by atoms with E-state index < -0.39 is 0 Å². The summed E-state index contributed by atoms with van der Waals surface area (Å²) < 4.78 is 0. The van der Waals surface area contributed by atoms with Gasteiger partial charge in [0.15, 0.2) is 5.17 Å². The Morgan fingerprint density at radius 1 is 1.19 bits per heavy atom. The highest BCUT2D eigenvalue weighted by atomic mass is 32.2. The molecule has 16 heavy (non-hydrogen) atoms. The van der Waals surface area contributed by atoms with Crippen molar-refractivity contribution in [2.45, 2.75) is 63.2 Å². The van der Waals surface area contributed by atoms with Gasteiger partial charge in [-0.1, -0.05) is 43.9 Å². The minimum atomic E-state index is 0.0345. The Kier molecular flexibility index (Phi) is 4.27. The summed E-state index contributed by atoms with van der Waals surface area (Å²) in [7, 11) is 0. The summed E-state index contributed by atoms with van der Waals surface area (Å²) in [5.74, 6) is 0.106. The highest BCUT2D eigenvalue weighted by Crippen LogP contribution is 2.23. The van der Waals surface area contributed by atoms with Gasteiger partial charge < -0.3 is 5.32 Å². The predicted molar refractivity (Wildman–Crippen MR) is 68.7 cm³/mol. The third-order valence-corrected chi connectivity index (χ3v) is 4.26. The summed E-state index contributed by atoms with van der Waals surface area (Å²) in [5.41, 5.74) is 0. The Morgan fingerprint density at radius 2 is 1.81 bits per heavy atom. The Labute approximate surface area is 101 Å². The van der Waals surface area contributed by atoms with Crippen LogP contribution >= 0.6 is 11.8 Å². The Morgan fingerprint density at radius 3 is 2.38 bits per heavy atom. The van der Waals surface area contributed by atoms with Gasteiger partial charge in [-0.05, 0) is 19.8 Å². The van der Waals surface area contributed by atoms with Crippen LogP contribution in [0.15, 0.2) is 4.99 Å². The molecular weight excluding hydrogens is 220 g/mol. The van der Waals surface area contributed by atoms with E-state index in [0.29, 0.717) is 6.04 Å². The maximum atomic E-state index is 11.3. The summed E-state index contributed by atoms with van der Waals surface area (Å²) in [6, 6.07) is 0.438. The average Bonchev–Trinajstić information content (AvgIpc) is 2.50. The minimum Gasteiger partial charge on any atom is -0.304 e. The van der Waals surface area contributed by atoms with Crippen LogP contribution in [0.25, 0.3) is 0 Å². The minimum absolute atomic E-state index is 0.0345. The maximum Gasteiger partial charge on any atom is 0.239 e. The first-order valence-corrected chi connectivity index (χ1v) is 7.19. The molecule has 1 aliphatic heterocycles. The molecule has 1 unspecified atom stereocenters. The number of aliphatic imine (C=N–C) groups is 1. The van der Waals surface area contributed by atoms with E-state index >= 15 is 0 Å². The van der Waals surface area contributed by atoms with Gasteiger partial charge in [-0.2, -0.15) is 0 Å². The van der Waals surface area contributed by atoms with Crippen molar-refractivity contribution in [3.8, 4) is 0 Å². The average molecular weight is 240 g/mol. The van der Waals surface area contributed by atoms with Crippen molar-refractivity contribution in [2.75, 3.05) is 0 Å². The topological polar surface area (TPSA) is 41.5 Å². The van der Waals surface area contributed by atoms with Gasteiger partial charge in [0.25, 0.3) is 0 Å². The first-order valence-electron chi connectivity index (χ1n) is 6.31. The molecule has 1 heterocycles. The van der Waals surface area contributed by atoms with Crippen molar-refractivity contribution in [1.29, 1.82) is 0 Å². The molecule has 1 amide bonds. The smallest absolute Gasteiger partial charge is 0.239 e. The fourth-order valence-electron chi connectivity index (χ4n) is 2.25. The zero-order valence-corrected chi connectivity index (χ0v) is 10.7. The number of hydrogen-bond donors (Lipinski definition) is 1. The number of amidine groups is 1. The van der Waals surface area contributed by atoms with Crippen LogP contribution < -0.4 is 5.32 Å². The van der Waals surface area contributed by atoms with E-state index in [0.717, 1.165) is 5.17 Å². The quantitative estimate of drug-likeness (QED) is 0.765. The second-order valence-corrected chi connectivity index (χ2v) is 6.01. The monoisotopic (exact) mass is 240 g/mol. The Balaban J connectivity index is 1.91. The number of carbonyl (C=O) groups excluding carboxylic acids is 1. The molecule has 3 nitrogen and oxygen atoms in total. The lowest BCUT2D eigenvalue weighted by Crippen LogP contribution is -2.24. The van der Waals surface area contributed by atoms with Crippen molar-refractivity contribution in [2.24, 2.45) is 4.99 Å². The van der Waals surface area contributed by atoms with Gasteiger partial charge in [0.2, 0.25) is 5.91 Å². The van der Waals surface area contributed by atoms with Gasteiger partial charge in [-0.25, -0.2) is 0 Å². The van der Waals surface area contributed by atoms with Gasteiger partial charge >= 0.3 is 0 Å². The molecule has 2 aliphatic rings. The van der Waals surface area contributed by atoms with Crippen LogP contribution in [0, 0.1) is 0 Å². The molecule has 90 valence electrons. The van der Waals surface area contributed by atoms with Crippen LogP contribution in [0.5, 0.6) is 0 Å². The summed E-state index contributed by atoms with van der Waals surface area (Å²) in [4.78, 5) is 16.0. The molecule has 2 fully saturated rings. The summed E-state index contributed by atoms with van der Waals surface area (Å²) in [6.45, 7) is 1.93. The SMILES string of the molecule is CC1SC(=NC2CCCCCCC2)NC1=O. The molecule has 0 bridgehead atoms. The molecule has 0 aromatic rings. The molecule has 1 N–H and O–H groups in total. The van der Waals surface area contributed by atoms with Crippen LogP contribution in [-0.2, 0) is 4.79 Å². The summed E-state index contributed by atoms with van der Waals surface area (Å²) in [5, 5.41) is 3.75. The van der Waals surface area contributed by atoms with Crippen molar-refractivity contribution in [3.05, 3.63) is 0 Å². The number of nitrogens with zero attached hydrogens (tertiary/aromatic N) is 1. The van der Waals surface area contributed by atoms with Crippen LogP contribution in [0.3, 0.4) is 0 Å². The number of thioether (sulfide) groups is 1. The molecule has 2 rings (SSSR count). The van der Waals surface area contributed by atoms with Crippen molar-refractivity contribution in [1.82, 2.24) is 5.32 Å². The molecule has 4 heteroatoms. The number of rotatable bonds is 1. The van der Waals surface area contributed by atoms with Gasteiger partial charge in [0.1, 0.15) is 0 Å². The van der Waals surface area contributed by atoms with Crippen molar-refractivity contribution < 1.29 is 4.79 Å². The lowest BCUT2D eigenvalue weighted by molar-refractivity contribution is -0.118. The fourth-order valence-corrected chi connectivity index (χ4v) is 3.12. The van der Waals surface area contributed by atoms with Crippen molar-refractivity contribution >= 4 is 22.8 Å². The molecule has 0 aromatic heterocycles. The van der Waals surface area contributed by atoms with E-state index in [-0.39, 0.29) is 11.2 Å². The highest BCUT2D eigenvalue weighted by Gasteiger charge is 2.26. The number of carbonyl (C=O) groups is 1. The van der Waals surface area contributed by atoms with Crippen molar-refractivity contribution in [3.63, 3.8) is 0 Å². The van der Waals surface area contributed by atoms with Gasteiger partial charge in [-0.3, -0.25) is 9.79 Å². The van der Waals surface area contributed by atoms with Crippen LogP contribution in [0.2, 0.25) is 0 Å². The third kappa shape index (κ3) is 3.24. The summed E-state index contributed by atoms with van der Waals surface area (Å²) >= 11 is 1.57. The van der Waals surface area contributed by atoms with Gasteiger partial charge in [-0.15, -0.1) is 0 Å². The normalized spacial score (nSPS) is 31.2. The molecule has 0 radical (unpaired) electrons. The van der Waals surface area contributed by atoms with E-state index in [1.54, 1.807) is 11.8 Å². The summed E-state index contributed by atoms with van der Waals surface area (Å²) in [6.07, 6.45) is 9.02. The van der Waals surface area contributed by atoms with Crippen LogP contribution in [-0.4, -0.2) is 22.4 Å². The van der Waals surface area contributed by atoms with Crippen LogP contribution in [0.1, 0.15) is 51.9 Å². The van der Waals surface area contributed by atoms with Gasteiger partial charge in [0.05, 0.1) is 11.3 Å². The van der Waals surface area contributed by atoms with E-state index in [1.165, 1.54) is 44.9 Å². The molecule has 1 atom stereocenters. The second kappa shape index (κ2) is 5.71. The molecule has 1 saturated heterocycles. The molecular formula is C12H20N2OS. The fraction of sp³-hybridized carbons (Fsp3) is 0.833. The van der Waals surface area contributed by atoms with Gasteiger partial charge in [0, 0.05) is 0 Å². The molecule has 1 saturated carbocycles. The van der Waals surface area contributed by atoms with E-state index in [9.17, 15) is 4.79 Å². The first kappa shape index (κ1) is 12.0. The number of amides is 1. The van der Waals surface area contributed by atoms with E-state index in [1.807, 2.05) is 6.92 Å². The van der Waals surface area contributed by atoms with E-state index in [4.69, 9.17) is 0 Å². The lowest BCUT2D eigenvalue weighted by atomic mass is 9.97. The maximum absolute atomic E-state index is 11.3. The Bertz CT molecular complexity index is 283. The number of nitrogens with one attached hydrogen (secondary N) is 1. The Hall–Kier alpha value is -0.510. The highest BCUT2D eigenvalue weighted by molar-refractivity contribution is 8.15. The zero-order chi connectivity index (χ0) is 11.4. The van der Waals surface area contributed by atoms with E-state index in [2.05, 4.69) is 10.3 Å². The standard InChI is InChI=1S/C12H20N2OS/c1-9-11(15)14-12(16-9)13-10-7-5-3-2-4-6-8-10/h9-10H,2-8H2,1H3,(H,13,14,15). The zero-order valence-electron chi connectivity index (χ0n) is 9.87. The lowest BCUT2D eigenvalue weighted by Gasteiger charge is -2.16. The molecule has 0 aromatic carbocycles. The van der Waals surface area contributed by atoms with Crippen LogP contribution in [0.4, 0.5) is 0 Å².